The first-order chi connectivity index (χ1) is 10.6. The van der Waals surface area contributed by atoms with Crippen LogP contribution in [-0.4, -0.2) is 19.1 Å². The molecule has 1 amide bonds. The van der Waals surface area contributed by atoms with Gasteiger partial charge in [0, 0.05) is 16.2 Å². The molecule has 0 spiro atoms. The summed E-state index contributed by atoms with van der Waals surface area (Å²) in [5.74, 6) is 1.21. The molecule has 0 unspecified atom stereocenters. The average molecular weight is 364 g/mol. The molecule has 2 rings (SSSR count). The number of hydrogen-bond acceptors (Lipinski definition) is 3. The first-order valence-electron chi connectivity index (χ1n) is 7.00. The molecule has 0 fully saturated rings. The van der Waals surface area contributed by atoms with Gasteiger partial charge in [-0.3, -0.25) is 4.79 Å². The lowest BCUT2D eigenvalue weighted by Gasteiger charge is -2.10. The summed E-state index contributed by atoms with van der Waals surface area (Å²) >= 11 is 3.39. The Balaban J connectivity index is 1.91. The van der Waals surface area contributed by atoms with Crippen molar-refractivity contribution in [1.29, 1.82) is 0 Å². The summed E-state index contributed by atoms with van der Waals surface area (Å²) in [6, 6.07) is 12.9. The van der Waals surface area contributed by atoms with Crippen LogP contribution < -0.4 is 14.8 Å². The molecular weight excluding hydrogens is 346 g/mol. The fourth-order valence-electron chi connectivity index (χ4n) is 1.95. The van der Waals surface area contributed by atoms with Crippen molar-refractivity contribution in [1.82, 2.24) is 0 Å². The van der Waals surface area contributed by atoms with Crippen LogP contribution in [0.4, 0.5) is 5.69 Å². The van der Waals surface area contributed by atoms with Crippen LogP contribution in [0.3, 0.4) is 0 Å². The molecule has 0 atom stereocenters. The molecule has 0 saturated carbocycles. The third-order valence-electron chi connectivity index (χ3n) is 2.92. The average Bonchev–Trinajstić information content (AvgIpc) is 2.47. The van der Waals surface area contributed by atoms with E-state index >= 15 is 0 Å². The normalized spacial score (nSPS) is 10.1. The molecule has 0 aliphatic carbocycles. The second-order valence-electron chi connectivity index (χ2n) is 4.71. The number of anilines is 1. The van der Waals surface area contributed by atoms with Gasteiger partial charge in [-0.1, -0.05) is 22.0 Å². The van der Waals surface area contributed by atoms with Crippen molar-refractivity contribution < 1.29 is 14.3 Å². The van der Waals surface area contributed by atoms with E-state index in [0.717, 1.165) is 15.8 Å². The summed E-state index contributed by atoms with van der Waals surface area (Å²) in [4.78, 5) is 11.9. The van der Waals surface area contributed by atoms with Crippen molar-refractivity contribution in [3.05, 3.63) is 52.5 Å². The Morgan fingerprint density at radius 2 is 2.00 bits per heavy atom. The number of rotatable bonds is 6. The van der Waals surface area contributed by atoms with Crippen molar-refractivity contribution in [3.8, 4) is 11.5 Å². The van der Waals surface area contributed by atoms with E-state index in [-0.39, 0.29) is 12.5 Å². The van der Waals surface area contributed by atoms with Crippen molar-refractivity contribution >= 4 is 27.5 Å². The van der Waals surface area contributed by atoms with E-state index in [1.165, 1.54) is 0 Å². The van der Waals surface area contributed by atoms with E-state index < -0.39 is 0 Å². The predicted octanol–water partition coefficient (Wildman–Crippen LogP) is 4.17. The minimum atomic E-state index is -0.212. The molecule has 1 N–H and O–H groups in total. The van der Waals surface area contributed by atoms with Crippen LogP contribution in [-0.2, 0) is 4.79 Å². The van der Waals surface area contributed by atoms with Gasteiger partial charge in [0.25, 0.3) is 5.91 Å². The van der Waals surface area contributed by atoms with Crippen LogP contribution >= 0.6 is 15.9 Å². The monoisotopic (exact) mass is 363 g/mol. The molecule has 0 heterocycles. The minimum Gasteiger partial charge on any atom is -0.494 e. The fourth-order valence-corrected chi connectivity index (χ4v) is 2.42. The summed E-state index contributed by atoms with van der Waals surface area (Å²) in [7, 11) is 0. The SMILES string of the molecule is CCOc1cccc(NC(=O)COc2ccc(Br)cc2C)c1. The molecule has 0 aliphatic rings. The molecule has 0 radical (unpaired) electrons. The molecule has 0 saturated heterocycles. The number of ether oxygens (including phenoxy) is 2. The van der Waals surface area contributed by atoms with Gasteiger partial charge in [0.1, 0.15) is 11.5 Å². The highest BCUT2D eigenvalue weighted by atomic mass is 79.9. The third kappa shape index (κ3) is 4.77. The summed E-state index contributed by atoms with van der Waals surface area (Å²) in [6.07, 6.45) is 0. The van der Waals surface area contributed by atoms with Gasteiger partial charge < -0.3 is 14.8 Å². The highest BCUT2D eigenvalue weighted by Gasteiger charge is 2.06. The van der Waals surface area contributed by atoms with Crippen molar-refractivity contribution in [2.45, 2.75) is 13.8 Å². The fraction of sp³-hybridized carbons (Fsp3) is 0.235. The van der Waals surface area contributed by atoms with Crippen LogP contribution in [0, 0.1) is 6.92 Å². The van der Waals surface area contributed by atoms with Gasteiger partial charge in [0.05, 0.1) is 6.61 Å². The summed E-state index contributed by atoms with van der Waals surface area (Å²) in [6.45, 7) is 4.40. The van der Waals surface area contributed by atoms with E-state index in [9.17, 15) is 4.79 Å². The lowest BCUT2D eigenvalue weighted by atomic mass is 10.2. The zero-order chi connectivity index (χ0) is 15.9. The van der Waals surface area contributed by atoms with E-state index in [1.54, 1.807) is 6.07 Å². The van der Waals surface area contributed by atoms with E-state index in [4.69, 9.17) is 9.47 Å². The van der Waals surface area contributed by atoms with Crippen molar-refractivity contribution in [2.24, 2.45) is 0 Å². The zero-order valence-electron chi connectivity index (χ0n) is 12.6. The molecular formula is C17H18BrNO3. The molecule has 4 nitrogen and oxygen atoms in total. The van der Waals surface area contributed by atoms with Crippen molar-refractivity contribution in [2.75, 3.05) is 18.5 Å². The molecule has 5 heteroatoms. The number of nitrogens with one attached hydrogen (secondary N) is 1. The number of aryl methyl sites for hydroxylation is 1. The first-order valence-corrected chi connectivity index (χ1v) is 7.79. The maximum Gasteiger partial charge on any atom is 0.262 e. The maximum absolute atomic E-state index is 11.9. The van der Waals surface area contributed by atoms with Gasteiger partial charge in [-0.15, -0.1) is 0 Å². The van der Waals surface area contributed by atoms with Gasteiger partial charge >= 0.3 is 0 Å². The first kappa shape index (κ1) is 16.4. The summed E-state index contributed by atoms with van der Waals surface area (Å²) in [5, 5.41) is 2.79. The largest absolute Gasteiger partial charge is 0.494 e. The third-order valence-corrected chi connectivity index (χ3v) is 3.42. The predicted molar refractivity (Wildman–Crippen MR) is 90.6 cm³/mol. The Labute approximate surface area is 138 Å². The Hall–Kier alpha value is -2.01. The van der Waals surface area contributed by atoms with Gasteiger partial charge in [-0.2, -0.15) is 0 Å². The Morgan fingerprint density at radius 1 is 1.18 bits per heavy atom. The lowest BCUT2D eigenvalue weighted by molar-refractivity contribution is -0.118. The minimum absolute atomic E-state index is 0.0403. The highest BCUT2D eigenvalue weighted by molar-refractivity contribution is 9.10. The number of carbonyl (C=O) groups is 1. The lowest BCUT2D eigenvalue weighted by Crippen LogP contribution is -2.20. The molecule has 116 valence electrons. The van der Waals surface area contributed by atoms with E-state index in [1.807, 2.05) is 50.2 Å². The van der Waals surface area contributed by atoms with Gasteiger partial charge in [-0.05, 0) is 49.7 Å². The quantitative estimate of drug-likeness (QED) is 0.837. The van der Waals surface area contributed by atoms with Crippen LogP contribution in [0.5, 0.6) is 11.5 Å². The molecule has 2 aromatic carbocycles. The number of amides is 1. The molecule has 0 aromatic heterocycles. The van der Waals surface area contributed by atoms with Crippen LogP contribution in [0.25, 0.3) is 0 Å². The number of benzene rings is 2. The number of carbonyl (C=O) groups excluding carboxylic acids is 1. The molecule has 0 bridgehead atoms. The number of halogens is 1. The Morgan fingerprint density at radius 3 is 2.73 bits per heavy atom. The van der Waals surface area contributed by atoms with E-state index in [2.05, 4.69) is 21.2 Å². The topological polar surface area (TPSA) is 47.6 Å². The second kappa shape index (κ2) is 7.84. The molecule has 22 heavy (non-hydrogen) atoms. The highest BCUT2D eigenvalue weighted by Crippen LogP contribution is 2.22. The zero-order valence-corrected chi connectivity index (χ0v) is 14.1. The Bertz CT molecular complexity index is 658. The smallest absolute Gasteiger partial charge is 0.262 e. The summed E-state index contributed by atoms with van der Waals surface area (Å²) < 4.78 is 11.9. The summed E-state index contributed by atoms with van der Waals surface area (Å²) in [5.41, 5.74) is 1.66. The van der Waals surface area contributed by atoms with Crippen molar-refractivity contribution in [3.63, 3.8) is 0 Å². The Kier molecular flexibility index (Phi) is 5.83. The molecule has 2 aromatic rings. The van der Waals surface area contributed by atoms with E-state index in [0.29, 0.717) is 18.0 Å². The molecule has 0 aliphatic heterocycles. The van der Waals surface area contributed by atoms with Crippen LogP contribution in [0.15, 0.2) is 46.9 Å². The van der Waals surface area contributed by atoms with Gasteiger partial charge in [0.2, 0.25) is 0 Å². The maximum atomic E-state index is 11.9. The standard InChI is InChI=1S/C17H18BrNO3/c1-3-21-15-6-4-5-14(10-15)19-17(20)11-22-16-8-7-13(18)9-12(16)2/h4-10H,3,11H2,1-2H3,(H,19,20). The van der Waals surface area contributed by atoms with Crippen LogP contribution in [0.2, 0.25) is 0 Å². The van der Waals surface area contributed by atoms with Gasteiger partial charge in [-0.25, -0.2) is 0 Å². The van der Waals surface area contributed by atoms with Gasteiger partial charge in [0.15, 0.2) is 6.61 Å². The van der Waals surface area contributed by atoms with Crippen LogP contribution in [0.1, 0.15) is 12.5 Å². The second-order valence-corrected chi connectivity index (χ2v) is 5.62. The number of hydrogen-bond donors (Lipinski definition) is 1.